The van der Waals surface area contributed by atoms with Gasteiger partial charge in [0.2, 0.25) is 0 Å². The normalized spacial score (nSPS) is 13.2. The molecule has 0 fully saturated rings. The van der Waals surface area contributed by atoms with Gasteiger partial charge < -0.3 is 15.5 Å². The summed E-state index contributed by atoms with van der Waals surface area (Å²) in [5, 5.41) is 15.0. The van der Waals surface area contributed by atoms with Crippen LogP contribution < -0.4 is 15.5 Å². The number of carbonyl (C=O) groups is 1. The summed E-state index contributed by atoms with van der Waals surface area (Å²) in [6, 6.07) is 16.0. The summed E-state index contributed by atoms with van der Waals surface area (Å²) in [6.45, 7) is 4.55. The number of aromatic nitrogens is 2. The van der Waals surface area contributed by atoms with E-state index in [1.54, 1.807) is 0 Å². The van der Waals surface area contributed by atoms with Crippen molar-refractivity contribution in [2.45, 2.75) is 26.2 Å². The molecule has 2 aromatic carbocycles. The lowest BCUT2D eigenvalue weighted by molar-refractivity contribution is 0.252. The standard InChI is InChI=1S/C22H25N5O/c1-16-15-18-19(9-4-10-20(18)26-25-16)24-22(28)23-12-6-14-27-13-5-8-17-7-2-3-11-21(17)27/h2-4,7,9-11,15H,5-6,8,12-14H2,1H3,(H2,23,24,28). The van der Waals surface area contributed by atoms with E-state index < -0.39 is 0 Å². The summed E-state index contributed by atoms with van der Waals surface area (Å²) in [4.78, 5) is 14.7. The van der Waals surface area contributed by atoms with Gasteiger partial charge in [-0.05, 0) is 56.0 Å². The summed E-state index contributed by atoms with van der Waals surface area (Å²) in [5.74, 6) is 0. The van der Waals surface area contributed by atoms with E-state index in [-0.39, 0.29) is 6.03 Å². The van der Waals surface area contributed by atoms with Crippen LogP contribution >= 0.6 is 0 Å². The van der Waals surface area contributed by atoms with E-state index in [4.69, 9.17) is 0 Å². The lowest BCUT2D eigenvalue weighted by Crippen LogP contribution is -2.34. The van der Waals surface area contributed by atoms with Crippen LogP contribution in [0.2, 0.25) is 0 Å². The first-order valence-corrected chi connectivity index (χ1v) is 9.81. The monoisotopic (exact) mass is 375 g/mol. The van der Waals surface area contributed by atoms with Gasteiger partial charge in [0.05, 0.1) is 16.9 Å². The Morgan fingerprint density at radius 3 is 2.96 bits per heavy atom. The molecule has 0 saturated carbocycles. The molecular formula is C22H25N5O. The van der Waals surface area contributed by atoms with E-state index in [9.17, 15) is 4.79 Å². The summed E-state index contributed by atoms with van der Waals surface area (Å²) in [6.07, 6.45) is 3.25. The number of nitrogens with zero attached hydrogens (tertiary/aromatic N) is 3. The van der Waals surface area contributed by atoms with Gasteiger partial charge >= 0.3 is 6.03 Å². The number of nitrogens with one attached hydrogen (secondary N) is 2. The van der Waals surface area contributed by atoms with Crippen molar-refractivity contribution in [1.82, 2.24) is 15.5 Å². The molecule has 0 saturated heterocycles. The second kappa shape index (κ2) is 8.25. The van der Waals surface area contributed by atoms with Crippen molar-refractivity contribution in [3.63, 3.8) is 0 Å². The number of rotatable bonds is 5. The molecule has 1 aliphatic heterocycles. The van der Waals surface area contributed by atoms with Gasteiger partial charge in [-0.3, -0.25) is 0 Å². The maximum absolute atomic E-state index is 12.3. The van der Waals surface area contributed by atoms with Gasteiger partial charge in [-0.2, -0.15) is 10.2 Å². The molecule has 6 heteroatoms. The number of para-hydroxylation sites is 1. The Morgan fingerprint density at radius 2 is 2.04 bits per heavy atom. The van der Waals surface area contributed by atoms with Gasteiger partial charge in [-0.25, -0.2) is 4.79 Å². The van der Waals surface area contributed by atoms with Crippen molar-refractivity contribution in [2.75, 3.05) is 29.9 Å². The van der Waals surface area contributed by atoms with E-state index in [1.165, 1.54) is 17.7 Å². The van der Waals surface area contributed by atoms with Crippen LogP contribution in [0.15, 0.2) is 48.5 Å². The number of urea groups is 1. The summed E-state index contributed by atoms with van der Waals surface area (Å²) < 4.78 is 0. The van der Waals surface area contributed by atoms with E-state index in [2.05, 4.69) is 50.0 Å². The van der Waals surface area contributed by atoms with Crippen LogP contribution in [0.25, 0.3) is 10.9 Å². The molecular weight excluding hydrogens is 350 g/mol. The van der Waals surface area contributed by atoms with Crippen molar-refractivity contribution in [3.8, 4) is 0 Å². The molecule has 0 atom stereocenters. The van der Waals surface area contributed by atoms with Crippen LogP contribution in [0.4, 0.5) is 16.2 Å². The van der Waals surface area contributed by atoms with Crippen LogP contribution in [0.5, 0.6) is 0 Å². The van der Waals surface area contributed by atoms with Crippen LogP contribution in [0.3, 0.4) is 0 Å². The largest absolute Gasteiger partial charge is 0.371 e. The highest BCUT2D eigenvalue weighted by molar-refractivity contribution is 6.00. The number of carbonyl (C=O) groups excluding carboxylic acids is 1. The van der Waals surface area contributed by atoms with Crippen LogP contribution in [0, 0.1) is 6.92 Å². The van der Waals surface area contributed by atoms with Crippen LogP contribution in [-0.4, -0.2) is 35.9 Å². The summed E-state index contributed by atoms with van der Waals surface area (Å²) in [7, 11) is 0. The Labute approximate surface area is 165 Å². The van der Waals surface area contributed by atoms with E-state index in [0.717, 1.165) is 48.2 Å². The molecule has 2 heterocycles. The molecule has 4 rings (SSSR count). The Bertz CT molecular complexity index is 988. The van der Waals surface area contributed by atoms with E-state index in [1.807, 2.05) is 31.2 Å². The van der Waals surface area contributed by atoms with E-state index >= 15 is 0 Å². The van der Waals surface area contributed by atoms with E-state index in [0.29, 0.717) is 6.54 Å². The molecule has 2 N–H and O–H groups in total. The van der Waals surface area contributed by atoms with Gasteiger partial charge in [0.25, 0.3) is 0 Å². The zero-order chi connectivity index (χ0) is 19.3. The Balaban J connectivity index is 1.30. The minimum Gasteiger partial charge on any atom is -0.371 e. The lowest BCUT2D eigenvalue weighted by Gasteiger charge is -2.31. The first kappa shape index (κ1) is 18.2. The van der Waals surface area contributed by atoms with Crippen molar-refractivity contribution in [2.24, 2.45) is 0 Å². The molecule has 0 aliphatic carbocycles. The summed E-state index contributed by atoms with van der Waals surface area (Å²) >= 11 is 0. The van der Waals surface area contributed by atoms with Gasteiger partial charge in [-0.1, -0.05) is 24.3 Å². The molecule has 1 aliphatic rings. The third-order valence-corrected chi connectivity index (χ3v) is 5.10. The number of amides is 2. The highest BCUT2D eigenvalue weighted by atomic mass is 16.2. The van der Waals surface area contributed by atoms with Crippen LogP contribution in [-0.2, 0) is 6.42 Å². The fourth-order valence-corrected chi connectivity index (χ4v) is 3.75. The summed E-state index contributed by atoms with van der Waals surface area (Å²) in [5.41, 5.74) is 5.10. The van der Waals surface area contributed by atoms with Crippen molar-refractivity contribution >= 4 is 28.3 Å². The van der Waals surface area contributed by atoms with Gasteiger partial charge in [0.15, 0.2) is 0 Å². The average molecular weight is 375 g/mol. The quantitative estimate of drug-likeness (QED) is 0.664. The molecule has 144 valence electrons. The predicted octanol–water partition coefficient (Wildman–Crippen LogP) is 3.90. The number of aryl methyl sites for hydroxylation is 2. The fraction of sp³-hybridized carbons (Fsp3) is 0.318. The fourth-order valence-electron chi connectivity index (χ4n) is 3.75. The van der Waals surface area contributed by atoms with Gasteiger partial charge in [0, 0.05) is 30.7 Å². The molecule has 2 amide bonds. The third-order valence-electron chi connectivity index (χ3n) is 5.10. The Morgan fingerprint density at radius 1 is 1.14 bits per heavy atom. The predicted molar refractivity (Wildman–Crippen MR) is 113 cm³/mol. The third kappa shape index (κ3) is 4.06. The first-order valence-electron chi connectivity index (χ1n) is 9.81. The highest BCUT2D eigenvalue weighted by Crippen LogP contribution is 2.26. The Kier molecular flexibility index (Phi) is 5.37. The molecule has 28 heavy (non-hydrogen) atoms. The molecule has 0 bridgehead atoms. The smallest absolute Gasteiger partial charge is 0.319 e. The van der Waals surface area contributed by atoms with Gasteiger partial charge in [-0.15, -0.1) is 0 Å². The zero-order valence-corrected chi connectivity index (χ0v) is 16.1. The van der Waals surface area contributed by atoms with Crippen molar-refractivity contribution < 1.29 is 4.79 Å². The lowest BCUT2D eigenvalue weighted by atomic mass is 10.0. The minimum absolute atomic E-state index is 0.194. The second-order valence-corrected chi connectivity index (χ2v) is 7.18. The Hall–Kier alpha value is -3.15. The number of hydrogen-bond acceptors (Lipinski definition) is 4. The van der Waals surface area contributed by atoms with Crippen molar-refractivity contribution in [3.05, 3.63) is 59.8 Å². The second-order valence-electron chi connectivity index (χ2n) is 7.18. The van der Waals surface area contributed by atoms with Crippen molar-refractivity contribution in [1.29, 1.82) is 0 Å². The topological polar surface area (TPSA) is 70.2 Å². The number of hydrogen-bond donors (Lipinski definition) is 2. The molecule has 3 aromatic rings. The highest BCUT2D eigenvalue weighted by Gasteiger charge is 2.15. The molecule has 0 spiro atoms. The molecule has 0 unspecified atom stereocenters. The maximum Gasteiger partial charge on any atom is 0.319 e. The maximum atomic E-state index is 12.3. The molecule has 0 radical (unpaired) electrons. The first-order chi connectivity index (χ1) is 13.7. The van der Waals surface area contributed by atoms with Crippen LogP contribution in [0.1, 0.15) is 24.1 Å². The SMILES string of the molecule is Cc1cc2c(NC(=O)NCCCN3CCCc4ccccc43)cccc2nn1. The number of anilines is 2. The average Bonchev–Trinajstić information content (AvgIpc) is 2.72. The molecule has 1 aromatic heterocycles. The minimum atomic E-state index is -0.194. The van der Waals surface area contributed by atoms with Gasteiger partial charge in [0.1, 0.15) is 0 Å². The molecule has 6 nitrogen and oxygen atoms in total. The zero-order valence-electron chi connectivity index (χ0n) is 16.1. The number of fused-ring (bicyclic) bond motifs is 2. The number of benzene rings is 2.